The summed E-state index contributed by atoms with van der Waals surface area (Å²) in [6, 6.07) is 0. The molecule has 0 spiro atoms. The van der Waals surface area contributed by atoms with E-state index in [-0.39, 0.29) is 32.0 Å². The molecule has 0 heterocycles. The Morgan fingerprint density at radius 3 is 2.05 bits per heavy atom. The van der Waals surface area contributed by atoms with E-state index in [4.69, 9.17) is 14.2 Å². The fourth-order valence-corrected chi connectivity index (χ4v) is 1.39. The average Bonchev–Trinajstić information content (AvgIpc) is 2.37. The van der Waals surface area contributed by atoms with E-state index in [1.165, 1.54) is 0 Å². The largest absolute Gasteiger partial charge is 0.463 e. The minimum atomic E-state index is -1.39. The lowest BCUT2D eigenvalue weighted by molar-refractivity contribution is -0.155. The maximum Gasteiger partial charge on any atom is 0.335 e. The molecule has 0 aliphatic rings. The van der Waals surface area contributed by atoms with Crippen LogP contribution in [0.2, 0.25) is 0 Å². The maximum atomic E-state index is 11.5. The summed E-state index contributed by atoms with van der Waals surface area (Å²) in [4.78, 5) is 44.9. The Kier molecular flexibility index (Phi) is 8.87. The summed E-state index contributed by atoms with van der Waals surface area (Å²) in [5.74, 6) is -3.97. The predicted octanol–water partition coefficient (Wildman–Crippen LogP) is 0.460. The molecule has 0 unspecified atom stereocenters. The van der Waals surface area contributed by atoms with Crippen LogP contribution in [-0.2, 0) is 33.4 Å². The molecule has 0 fully saturated rings. The predicted molar refractivity (Wildman–Crippen MR) is 72.4 cm³/mol. The van der Waals surface area contributed by atoms with E-state index >= 15 is 0 Å². The molecular formula is C14H20O7. The van der Waals surface area contributed by atoms with Crippen LogP contribution in [0.3, 0.4) is 0 Å². The minimum Gasteiger partial charge on any atom is -0.463 e. The third-order valence-corrected chi connectivity index (χ3v) is 2.36. The molecule has 0 amide bonds. The molecule has 7 heteroatoms. The summed E-state index contributed by atoms with van der Waals surface area (Å²) in [6.07, 6.45) is 0. The summed E-state index contributed by atoms with van der Waals surface area (Å²) in [5, 5.41) is 0. The van der Waals surface area contributed by atoms with E-state index in [1.54, 1.807) is 6.92 Å². The summed E-state index contributed by atoms with van der Waals surface area (Å²) in [5.41, 5.74) is 0.147. The van der Waals surface area contributed by atoms with Gasteiger partial charge in [-0.1, -0.05) is 6.58 Å². The number of carbonyl (C=O) groups excluding carboxylic acids is 4. The van der Waals surface area contributed by atoms with E-state index < -0.39 is 29.4 Å². The minimum absolute atomic E-state index is 0.00664. The highest BCUT2D eigenvalue weighted by Gasteiger charge is 2.29. The summed E-state index contributed by atoms with van der Waals surface area (Å²) in [7, 11) is 0. The first-order valence-corrected chi connectivity index (χ1v) is 6.41. The van der Waals surface area contributed by atoms with Crippen molar-refractivity contribution in [2.24, 2.45) is 5.92 Å². The van der Waals surface area contributed by atoms with Crippen LogP contribution in [-0.4, -0.2) is 49.9 Å². The quantitative estimate of drug-likeness (QED) is 0.250. The lowest BCUT2D eigenvalue weighted by atomic mass is 10.0. The van der Waals surface area contributed by atoms with Gasteiger partial charge in [0.1, 0.15) is 6.61 Å². The van der Waals surface area contributed by atoms with Gasteiger partial charge in [0.05, 0.1) is 25.4 Å². The van der Waals surface area contributed by atoms with Gasteiger partial charge < -0.3 is 14.2 Å². The molecule has 0 N–H and O–H groups in total. The standard InChI is InChI=1S/C14H20O7/c1-5-20-13(17)9(2)8-19-6-7-21-14(18)12(10(3)15)11(4)16/h12H,2,5-8H2,1,3-4H3. The van der Waals surface area contributed by atoms with Crippen LogP contribution < -0.4 is 0 Å². The average molecular weight is 300 g/mol. The van der Waals surface area contributed by atoms with E-state index in [0.717, 1.165) is 13.8 Å². The molecule has 7 nitrogen and oxygen atoms in total. The number of Topliss-reactive ketones (excluding diaryl/α,β-unsaturated/α-hetero) is 2. The molecule has 0 rings (SSSR count). The molecule has 0 aliphatic heterocycles. The molecule has 0 aromatic rings. The van der Waals surface area contributed by atoms with Crippen LogP contribution in [0.15, 0.2) is 12.2 Å². The molecule has 0 radical (unpaired) electrons. The number of esters is 2. The third-order valence-electron chi connectivity index (χ3n) is 2.36. The van der Waals surface area contributed by atoms with Gasteiger partial charge in [0.15, 0.2) is 17.5 Å². The highest BCUT2D eigenvalue weighted by Crippen LogP contribution is 2.03. The Balaban J connectivity index is 3.98. The first-order chi connectivity index (χ1) is 9.81. The van der Waals surface area contributed by atoms with Crippen LogP contribution in [0.5, 0.6) is 0 Å². The van der Waals surface area contributed by atoms with E-state index in [9.17, 15) is 19.2 Å². The number of carbonyl (C=O) groups is 4. The smallest absolute Gasteiger partial charge is 0.335 e. The second kappa shape index (κ2) is 9.82. The Labute approximate surface area is 123 Å². The Morgan fingerprint density at radius 2 is 1.57 bits per heavy atom. The third kappa shape index (κ3) is 7.36. The molecule has 118 valence electrons. The highest BCUT2D eigenvalue weighted by molar-refractivity contribution is 6.15. The van der Waals surface area contributed by atoms with Crippen molar-refractivity contribution in [3.05, 3.63) is 12.2 Å². The fourth-order valence-electron chi connectivity index (χ4n) is 1.39. The summed E-state index contributed by atoms with van der Waals surface area (Å²) < 4.78 is 14.5. The Morgan fingerprint density at radius 1 is 1.00 bits per heavy atom. The van der Waals surface area contributed by atoms with E-state index in [2.05, 4.69) is 6.58 Å². The van der Waals surface area contributed by atoms with Crippen LogP contribution in [0.1, 0.15) is 20.8 Å². The number of rotatable bonds is 10. The monoisotopic (exact) mass is 300 g/mol. The first kappa shape index (κ1) is 19.0. The van der Waals surface area contributed by atoms with Gasteiger partial charge in [0, 0.05) is 0 Å². The Hall–Kier alpha value is -2.02. The van der Waals surface area contributed by atoms with Gasteiger partial charge in [0.25, 0.3) is 0 Å². The highest BCUT2D eigenvalue weighted by atomic mass is 16.6. The molecule has 0 bridgehead atoms. The van der Waals surface area contributed by atoms with Gasteiger partial charge >= 0.3 is 11.9 Å². The normalized spacial score (nSPS) is 10.1. The zero-order valence-corrected chi connectivity index (χ0v) is 12.5. The van der Waals surface area contributed by atoms with Crippen LogP contribution in [0.4, 0.5) is 0 Å². The first-order valence-electron chi connectivity index (χ1n) is 6.41. The van der Waals surface area contributed by atoms with Crippen molar-refractivity contribution in [1.82, 2.24) is 0 Å². The van der Waals surface area contributed by atoms with Crippen molar-refractivity contribution in [2.75, 3.05) is 26.4 Å². The van der Waals surface area contributed by atoms with Crippen LogP contribution in [0.25, 0.3) is 0 Å². The molecule has 0 aliphatic carbocycles. The fraction of sp³-hybridized carbons (Fsp3) is 0.571. The summed E-state index contributed by atoms with van der Waals surface area (Å²) >= 11 is 0. The summed E-state index contributed by atoms with van der Waals surface area (Å²) in [6.45, 7) is 7.51. The van der Waals surface area contributed by atoms with Gasteiger partial charge in [0.2, 0.25) is 0 Å². The number of hydrogen-bond donors (Lipinski definition) is 0. The van der Waals surface area contributed by atoms with Crippen molar-refractivity contribution in [1.29, 1.82) is 0 Å². The van der Waals surface area contributed by atoms with Gasteiger partial charge in [-0.25, -0.2) is 4.79 Å². The molecule has 0 saturated heterocycles. The molecule has 0 aromatic carbocycles. The van der Waals surface area contributed by atoms with Gasteiger partial charge in [-0.15, -0.1) is 0 Å². The second-order valence-electron chi connectivity index (χ2n) is 4.20. The molecular weight excluding hydrogens is 280 g/mol. The van der Waals surface area contributed by atoms with Gasteiger partial charge in [-0.2, -0.15) is 0 Å². The molecule has 21 heavy (non-hydrogen) atoms. The zero-order valence-electron chi connectivity index (χ0n) is 12.5. The lowest BCUT2D eigenvalue weighted by Crippen LogP contribution is -2.31. The number of hydrogen-bond acceptors (Lipinski definition) is 7. The van der Waals surface area contributed by atoms with Gasteiger partial charge in [-0.05, 0) is 20.8 Å². The van der Waals surface area contributed by atoms with E-state index in [0.29, 0.717) is 0 Å². The van der Waals surface area contributed by atoms with Crippen molar-refractivity contribution in [2.45, 2.75) is 20.8 Å². The second-order valence-corrected chi connectivity index (χ2v) is 4.20. The number of ether oxygens (including phenoxy) is 3. The topological polar surface area (TPSA) is 96.0 Å². The maximum absolute atomic E-state index is 11.5. The number of ketones is 2. The van der Waals surface area contributed by atoms with Crippen molar-refractivity contribution >= 4 is 23.5 Å². The van der Waals surface area contributed by atoms with Gasteiger partial charge in [-0.3, -0.25) is 14.4 Å². The SMILES string of the molecule is C=C(COCCOC(=O)C(C(C)=O)C(C)=O)C(=O)OCC. The van der Waals surface area contributed by atoms with Crippen molar-refractivity contribution in [3.63, 3.8) is 0 Å². The van der Waals surface area contributed by atoms with Crippen LogP contribution >= 0.6 is 0 Å². The zero-order chi connectivity index (χ0) is 16.4. The van der Waals surface area contributed by atoms with Crippen LogP contribution in [0, 0.1) is 5.92 Å². The van der Waals surface area contributed by atoms with Crippen molar-refractivity contribution in [3.8, 4) is 0 Å². The molecule has 0 atom stereocenters. The molecule has 0 saturated carbocycles. The Bertz CT molecular complexity index is 411. The lowest BCUT2D eigenvalue weighted by Gasteiger charge is -2.11. The molecule has 0 aromatic heterocycles. The van der Waals surface area contributed by atoms with Crippen molar-refractivity contribution < 1.29 is 33.4 Å². The van der Waals surface area contributed by atoms with E-state index in [1.807, 2.05) is 0 Å².